The number of nitrogens with one attached hydrogen (secondary N) is 1. The van der Waals surface area contributed by atoms with E-state index >= 15 is 0 Å². The molecule has 4 nitrogen and oxygen atoms in total. The number of nitrogens with zero attached hydrogens (tertiary/aromatic N) is 1. The van der Waals surface area contributed by atoms with Gasteiger partial charge in [0.25, 0.3) is 0 Å². The highest BCUT2D eigenvalue weighted by molar-refractivity contribution is 6.30. The van der Waals surface area contributed by atoms with Crippen LogP contribution in [0.4, 0.5) is 5.69 Å². The summed E-state index contributed by atoms with van der Waals surface area (Å²) in [5, 5.41) is 3.56. The quantitative estimate of drug-likeness (QED) is 0.825. The average Bonchev–Trinajstić information content (AvgIpc) is 3.43. The first-order valence-corrected chi connectivity index (χ1v) is 9.27. The topological polar surface area (TPSA) is 49.4 Å². The van der Waals surface area contributed by atoms with E-state index < -0.39 is 0 Å². The number of hydrogen-bond donors (Lipinski definition) is 1. The summed E-state index contributed by atoms with van der Waals surface area (Å²) in [4.78, 5) is 27.0. The van der Waals surface area contributed by atoms with Gasteiger partial charge in [-0.05, 0) is 49.6 Å². The van der Waals surface area contributed by atoms with E-state index in [-0.39, 0.29) is 23.7 Å². The highest BCUT2D eigenvalue weighted by Gasteiger charge is 2.49. The Balaban J connectivity index is 1.59. The van der Waals surface area contributed by atoms with Crippen molar-refractivity contribution in [2.45, 2.75) is 26.8 Å². The number of rotatable bonds is 6. The number of aryl methyl sites for hydroxylation is 1. The third-order valence-corrected chi connectivity index (χ3v) is 5.04. The van der Waals surface area contributed by atoms with Crippen molar-refractivity contribution in [2.24, 2.45) is 11.8 Å². The lowest BCUT2D eigenvalue weighted by Crippen LogP contribution is -2.33. The largest absolute Gasteiger partial charge is 0.338 e. The summed E-state index contributed by atoms with van der Waals surface area (Å²) in [6.07, 6.45) is 0.614. The zero-order valence-electron chi connectivity index (χ0n) is 15.0. The van der Waals surface area contributed by atoms with Gasteiger partial charge in [0.05, 0.1) is 11.8 Å². The maximum absolute atomic E-state index is 12.7. The Labute approximate surface area is 159 Å². The van der Waals surface area contributed by atoms with Crippen LogP contribution in [0.5, 0.6) is 0 Å². The second-order valence-electron chi connectivity index (χ2n) is 6.74. The molecule has 26 heavy (non-hydrogen) atoms. The Bertz CT molecular complexity index is 807. The molecule has 2 unspecified atom stereocenters. The van der Waals surface area contributed by atoms with Gasteiger partial charge in [-0.15, -0.1) is 0 Å². The number of anilines is 1. The molecule has 0 saturated heterocycles. The minimum absolute atomic E-state index is 0.0596. The van der Waals surface area contributed by atoms with Crippen molar-refractivity contribution < 1.29 is 9.59 Å². The van der Waals surface area contributed by atoms with Crippen LogP contribution in [-0.4, -0.2) is 23.3 Å². The number of carbonyl (C=O) groups excluding carboxylic acids is 2. The Kier molecular flexibility index (Phi) is 5.62. The number of carbonyl (C=O) groups is 2. The van der Waals surface area contributed by atoms with Crippen LogP contribution >= 0.6 is 11.6 Å². The third kappa shape index (κ3) is 4.25. The van der Waals surface area contributed by atoms with E-state index in [9.17, 15) is 9.59 Å². The first kappa shape index (κ1) is 18.5. The number of halogens is 1. The smallest absolute Gasteiger partial charge is 0.228 e. The van der Waals surface area contributed by atoms with E-state index in [2.05, 4.69) is 5.32 Å². The van der Waals surface area contributed by atoms with Crippen molar-refractivity contribution in [1.82, 2.24) is 4.90 Å². The summed E-state index contributed by atoms with van der Waals surface area (Å²) in [6, 6.07) is 15.3. The molecule has 1 N–H and O–H groups in total. The number of amides is 2. The fraction of sp³-hybridized carbons (Fsp3) is 0.333. The van der Waals surface area contributed by atoms with Crippen LogP contribution < -0.4 is 5.32 Å². The summed E-state index contributed by atoms with van der Waals surface area (Å²) in [7, 11) is 0. The predicted octanol–water partition coefficient (Wildman–Crippen LogP) is 4.27. The molecule has 1 saturated carbocycles. The molecule has 0 aliphatic heterocycles. The maximum atomic E-state index is 12.7. The first-order chi connectivity index (χ1) is 12.5. The van der Waals surface area contributed by atoms with Crippen LogP contribution in [0, 0.1) is 18.8 Å². The van der Waals surface area contributed by atoms with Crippen LogP contribution in [0.3, 0.4) is 0 Å². The molecule has 2 amide bonds. The summed E-state index contributed by atoms with van der Waals surface area (Å²) in [6.45, 7) is 5.08. The van der Waals surface area contributed by atoms with Crippen LogP contribution in [-0.2, 0) is 16.1 Å². The molecule has 0 heterocycles. The van der Waals surface area contributed by atoms with Gasteiger partial charge in [-0.25, -0.2) is 0 Å². The van der Waals surface area contributed by atoms with Gasteiger partial charge < -0.3 is 10.2 Å². The van der Waals surface area contributed by atoms with Gasteiger partial charge in [-0.1, -0.05) is 41.9 Å². The van der Waals surface area contributed by atoms with Crippen molar-refractivity contribution in [3.63, 3.8) is 0 Å². The van der Waals surface area contributed by atoms with Crippen LogP contribution in [0.15, 0.2) is 48.5 Å². The molecule has 2 aromatic rings. The lowest BCUT2D eigenvalue weighted by molar-refractivity contribution is -0.134. The van der Waals surface area contributed by atoms with E-state index in [1.54, 1.807) is 12.1 Å². The van der Waals surface area contributed by atoms with E-state index in [0.29, 0.717) is 24.5 Å². The molecule has 0 spiro atoms. The fourth-order valence-electron chi connectivity index (χ4n) is 3.13. The summed E-state index contributed by atoms with van der Waals surface area (Å²) < 4.78 is 0. The summed E-state index contributed by atoms with van der Waals surface area (Å²) >= 11 is 5.95. The number of benzene rings is 2. The molecule has 1 aliphatic rings. The van der Waals surface area contributed by atoms with E-state index in [1.165, 1.54) is 0 Å². The normalized spacial score (nSPS) is 18.3. The van der Waals surface area contributed by atoms with Gasteiger partial charge in [-0.2, -0.15) is 0 Å². The van der Waals surface area contributed by atoms with Gasteiger partial charge in [0, 0.05) is 23.8 Å². The minimum atomic E-state index is -0.248. The standard InChI is InChI=1S/C21H23ClN2O2/c1-3-24(13-15-7-5-4-6-8-15)21(26)18-12-17(18)20(25)23-19-10-9-16(22)11-14(19)2/h4-11,17-18H,3,12-13H2,1-2H3,(H,23,25). The van der Waals surface area contributed by atoms with Crippen molar-refractivity contribution in [1.29, 1.82) is 0 Å². The lowest BCUT2D eigenvalue weighted by atomic mass is 10.1. The second kappa shape index (κ2) is 7.92. The molecule has 136 valence electrons. The Morgan fingerprint density at radius 1 is 1.15 bits per heavy atom. The minimum Gasteiger partial charge on any atom is -0.338 e. The van der Waals surface area contributed by atoms with Gasteiger partial charge in [0.15, 0.2) is 0 Å². The van der Waals surface area contributed by atoms with Crippen molar-refractivity contribution in [2.75, 3.05) is 11.9 Å². The van der Waals surface area contributed by atoms with E-state index in [0.717, 1.165) is 16.8 Å². The molecule has 1 aliphatic carbocycles. The molecule has 0 radical (unpaired) electrons. The molecule has 1 fully saturated rings. The first-order valence-electron chi connectivity index (χ1n) is 8.89. The average molecular weight is 371 g/mol. The van der Waals surface area contributed by atoms with Crippen LogP contribution in [0.2, 0.25) is 5.02 Å². The van der Waals surface area contributed by atoms with Gasteiger partial charge >= 0.3 is 0 Å². The predicted molar refractivity (Wildman–Crippen MR) is 104 cm³/mol. The molecular weight excluding hydrogens is 348 g/mol. The highest BCUT2D eigenvalue weighted by atomic mass is 35.5. The number of hydrogen-bond acceptors (Lipinski definition) is 2. The Morgan fingerprint density at radius 3 is 2.54 bits per heavy atom. The molecular formula is C21H23ClN2O2. The SMILES string of the molecule is CCN(Cc1ccccc1)C(=O)C1CC1C(=O)Nc1ccc(Cl)cc1C. The molecule has 2 atom stereocenters. The second-order valence-corrected chi connectivity index (χ2v) is 7.17. The molecule has 0 aromatic heterocycles. The Hall–Kier alpha value is -2.33. The van der Waals surface area contributed by atoms with E-state index in [4.69, 9.17) is 11.6 Å². The maximum Gasteiger partial charge on any atom is 0.228 e. The zero-order valence-corrected chi connectivity index (χ0v) is 15.8. The molecule has 3 rings (SSSR count). The van der Waals surface area contributed by atoms with Gasteiger partial charge in [0.2, 0.25) is 11.8 Å². The molecule has 2 aromatic carbocycles. The summed E-state index contributed by atoms with van der Waals surface area (Å²) in [5.41, 5.74) is 2.75. The lowest BCUT2D eigenvalue weighted by Gasteiger charge is -2.21. The fourth-order valence-corrected chi connectivity index (χ4v) is 3.36. The monoisotopic (exact) mass is 370 g/mol. The molecule has 0 bridgehead atoms. The van der Waals surface area contributed by atoms with Gasteiger partial charge in [-0.3, -0.25) is 9.59 Å². The van der Waals surface area contributed by atoms with Crippen molar-refractivity contribution in [3.8, 4) is 0 Å². The highest BCUT2D eigenvalue weighted by Crippen LogP contribution is 2.41. The third-order valence-electron chi connectivity index (χ3n) is 4.80. The van der Waals surface area contributed by atoms with Crippen LogP contribution in [0.1, 0.15) is 24.5 Å². The molecule has 5 heteroatoms. The Morgan fingerprint density at radius 2 is 1.88 bits per heavy atom. The summed E-state index contributed by atoms with van der Waals surface area (Å²) in [5.74, 6) is -0.498. The van der Waals surface area contributed by atoms with Crippen LogP contribution in [0.25, 0.3) is 0 Å². The zero-order chi connectivity index (χ0) is 18.7. The van der Waals surface area contributed by atoms with Crippen molar-refractivity contribution >= 4 is 29.1 Å². The van der Waals surface area contributed by atoms with Gasteiger partial charge in [0.1, 0.15) is 0 Å². The van der Waals surface area contributed by atoms with Crippen molar-refractivity contribution in [3.05, 3.63) is 64.7 Å². The van der Waals surface area contributed by atoms with E-state index in [1.807, 2.05) is 55.1 Å².